The number of nitrogens with zero attached hydrogens (tertiary/aromatic N) is 3. The van der Waals surface area contributed by atoms with E-state index in [0.29, 0.717) is 37.6 Å². The Kier molecular flexibility index (Phi) is 8.68. The summed E-state index contributed by atoms with van der Waals surface area (Å²) in [5.74, 6) is -0.0346. The lowest BCUT2D eigenvalue weighted by molar-refractivity contribution is -0.133. The second-order valence-electron chi connectivity index (χ2n) is 6.44. The number of pyridine rings is 1. The molecular weight excluding hydrogens is 401 g/mol. The molecule has 0 saturated carbocycles. The van der Waals surface area contributed by atoms with Crippen molar-refractivity contribution in [1.29, 1.82) is 0 Å². The third-order valence-electron chi connectivity index (χ3n) is 4.65. The van der Waals surface area contributed by atoms with Gasteiger partial charge in [-0.1, -0.05) is 29.8 Å². The minimum Gasteiger partial charge on any atom is -0.365 e. The Balaban J connectivity index is 0.00000196. The van der Waals surface area contributed by atoms with Crippen LogP contribution in [0.5, 0.6) is 0 Å². The molecule has 3 rings (SSSR count). The largest absolute Gasteiger partial charge is 0.365 e. The van der Waals surface area contributed by atoms with Crippen LogP contribution in [-0.2, 0) is 4.79 Å². The van der Waals surface area contributed by atoms with Crippen molar-refractivity contribution in [3.63, 3.8) is 0 Å². The molecular formula is C19H25Cl2N5O2. The molecule has 0 bridgehead atoms. The lowest BCUT2D eigenvalue weighted by Crippen LogP contribution is -2.51. The highest BCUT2D eigenvalue weighted by Crippen LogP contribution is 2.20. The van der Waals surface area contributed by atoms with E-state index in [2.05, 4.69) is 4.98 Å². The van der Waals surface area contributed by atoms with Gasteiger partial charge in [-0.3, -0.25) is 9.59 Å². The van der Waals surface area contributed by atoms with Crippen molar-refractivity contribution in [3.05, 3.63) is 59.3 Å². The molecule has 1 unspecified atom stereocenters. The number of aryl methyl sites for hydroxylation is 1. The van der Waals surface area contributed by atoms with Crippen molar-refractivity contribution in [3.8, 4) is 0 Å². The average molecular weight is 426 g/mol. The van der Waals surface area contributed by atoms with Crippen LogP contribution >= 0.6 is 24.8 Å². The van der Waals surface area contributed by atoms with Crippen LogP contribution < -0.4 is 16.4 Å². The average Bonchev–Trinajstić information content (AvgIpc) is 2.67. The molecule has 7 nitrogen and oxygen atoms in total. The van der Waals surface area contributed by atoms with Gasteiger partial charge in [-0.05, 0) is 24.6 Å². The summed E-state index contributed by atoms with van der Waals surface area (Å²) < 4.78 is 0. The molecule has 28 heavy (non-hydrogen) atoms. The summed E-state index contributed by atoms with van der Waals surface area (Å²) in [4.78, 5) is 32.3. The lowest BCUT2D eigenvalue weighted by atomic mass is 10.0. The molecule has 4 N–H and O–H groups in total. The Bertz CT molecular complexity index is 808. The van der Waals surface area contributed by atoms with E-state index in [0.717, 1.165) is 11.1 Å². The predicted molar refractivity (Wildman–Crippen MR) is 114 cm³/mol. The Morgan fingerprint density at radius 2 is 1.64 bits per heavy atom. The minimum atomic E-state index is -0.668. The molecule has 1 aliphatic rings. The second kappa shape index (κ2) is 10.3. The SMILES string of the molecule is Cc1ccc(C(N)C(=O)N2CCN(c3ncccc3C(N)=O)CC2)cc1.Cl.Cl. The summed E-state index contributed by atoms with van der Waals surface area (Å²) >= 11 is 0. The van der Waals surface area contributed by atoms with Gasteiger partial charge in [-0.15, -0.1) is 24.8 Å². The highest BCUT2D eigenvalue weighted by Gasteiger charge is 2.27. The van der Waals surface area contributed by atoms with E-state index in [9.17, 15) is 9.59 Å². The predicted octanol–water partition coefficient (Wildman–Crippen LogP) is 1.68. The molecule has 0 aliphatic carbocycles. The summed E-state index contributed by atoms with van der Waals surface area (Å²) in [5, 5.41) is 0. The summed E-state index contributed by atoms with van der Waals surface area (Å²) in [6.45, 7) is 4.18. The van der Waals surface area contributed by atoms with Gasteiger partial charge in [0, 0.05) is 32.4 Å². The van der Waals surface area contributed by atoms with E-state index >= 15 is 0 Å². The smallest absolute Gasteiger partial charge is 0.252 e. The van der Waals surface area contributed by atoms with Crippen LogP contribution in [0.25, 0.3) is 0 Å². The number of aromatic nitrogens is 1. The van der Waals surface area contributed by atoms with Crippen LogP contribution in [0.4, 0.5) is 5.82 Å². The number of halogens is 2. The maximum absolute atomic E-state index is 12.7. The van der Waals surface area contributed by atoms with Crippen molar-refractivity contribution in [1.82, 2.24) is 9.88 Å². The summed E-state index contributed by atoms with van der Waals surface area (Å²) in [6, 6.07) is 10.4. The van der Waals surface area contributed by atoms with Gasteiger partial charge in [0.1, 0.15) is 11.9 Å². The number of benzene rings is 1. The number of anilines is 1. The van der Waals surface area contributed by atoms with Gasteiger partial charge in [0.2, 0.25) is 5.91 Å². The molecule has 9 heteroatoms. The summed E-state index contributed by atoms with van der Waals surface area (Å²) in [7, 11) is 0. The first-order chi connectivity index (χ1) is 12.5. The van der Waals surface area contributed by atoms with Crippen LogP contribution in [0.1, 0.15) is 27.5 Å². The minimum absolute atomic E-state index is 0. The molecule has 1 aromatic heterocycles. The van der Waals surface area contributed by atoms with Crippen LogP contribution in [0, 0.1) is 6.92 Å². The molecule has 2 heterocycles. The number of nitrogens with two attached hydrogens (primary N) is 2. The fraction of sp³-hybridized carbons (Fsp3) is 0.316. The molecule has 2 amide bonds. The molecule has 0 radical (unpaired) electrons. The Hall–Kier alpha value is -2.35. The van der Waals surface area contributed by atoms with Crippen molar-refractivity contribution < 1.29 is 9.59 Å². The van der Waals surface area contributed by atoms with Gasteiger partial charge < -0.3 is 21.3 Å². The van der Waals surface area contributed by atoms with Crippen LogP contribution in [-0.4, -0.2) is 47.9 Å². The number of amides is 2. The monoisotopic (exact) mass is 425 g/mol. The normalized spacial score (nSPS) is 14.5. The van der Waals surface area contributed by atoms with Gasteiger partial charge in [0.25, 0.3) is 5.91 Å². The van der Waals surface area contributed by atoms with Crippen LogP contribution in [0.2, 0.25) is 0 Å². The number of carbonyl (C=O) groups excluding carboxylic acids is 2. The van der Waals surface area contributed by atoms with E-state index in [1.54, 1.807) is 23.2 Å². The molecule has 1 fully saturated rings. The van der Waals surface area contributed by atoms with Crippen molar-refractivity contribution in [2.45, 2.75) is 13.0 Å². The summed E-state index contributed by atoms with van der Waals surface area (Å²) in [6.07, 6.45) is 1.63. The molecule has 2 aromatic rings. The van der Waals surface area contributed by atoms with Gasteiger partial charge in [-0.25, -0.2) is 4.98 Å². The van der Waals surface area contributed by atoms with Gasteiger partial charge in [-0.2, -0.15) is 0 Å². The number of hydrogen-bond acceptors (Lipinski definition) is 5. The lowest BCUT2D eigenvalue weighted by Gasteiger charge is -2.37. The Morgan fingerprint density at radius 1 is 1.04 bits per heavy atom. The first kappa shape index (κ1) is 23.7. The second-order valence-corrected chi connectivity index (χ2v) is 6.44. The topological polar surface area (TPSA) is 106 Å². The maximum atomic E-state index is 12.7. The van der Waals surface area contributed by atoms with Gasteiger partial charge in [0.05, 0.1) is 5.56 Å². The van der Waals surface area contributed by atoms with Crippen molar-refractivity contribution in [2.75, 3.05) is 31.1 Å². The fourth-order valence-corrected chi connectivity index (χ4v) is 3.09. The Labute approximate surface area is 176 Å². The first-order valence-corrected chi connectivity index (χ1v) is 8.58. The van der Waals surface area contributed by atoms with Crippen molar-refractivity contribution in [2.24, 2.45) is 11.5 Å². The van der Waals surface area contributed by atoms with Crippen LogP contribution in [0.15, 0.2) is 42.6 Å². The standard InChI is InChI=1S/C19H23N5O2.2ClH/c1-13-4-6-14(7-5-13)16(20)19(26)24-11-9-23(10-12-24)18-15(17(21)25)3-2-8-22-18;;/h2-8,16H,9-12,20H2,1H3,(H2,21,25);2*1H. The van der Waals surface area contributed by atoms with E-state index in [1.807, 2.05) is 36.1 Å². The zero-order valence-corrected chi connectivity index (χ0v) is 17.2. The molecule has 1 saturated heterocycles. The third kappa shape index (κ3) is 5.13. The Morgan fingerprint density at radius 3 is 2.21 bits per heavy atom. The maximum Gasteiger partial charge on any atom is 0.252 e. The van der Waals surface area contributed by atoms with E-state index in [1.165, 1.54) is 0 Å². The quantitative estimate of drug-likeness (QED) is 0.774. The van der Waals surface area contributed by atoms with Crippen LogP contribution in [0.3, 0.4) is 0 Å². The number of rotatable bonds is 4. The molecule has 1 atom stereocenters. The van der Waals surface area contributed by atoms with E-state index in [4.69, 9.17) is 11.5 Å². The van der Waals surface area contributed by atoms with E-state index in [-0.39, 0.29) is 30.7 Å². The summed E-state index contributed by atoms with van der Waals surface area (Å²) in [5.41, 5.74) is 13.9. The molecule has 152 valence electrons. The number of carbonyl (C=O) groups is 2. The van der Waals surface area contributed by atoms with E-state index < -0.39 is 11.9 Å². The number of primary amides is 1. The number of piperazine rings is 1. The molecule has 1 aliphatic heterocycles. The third-order valence-corrected chi connectivity index (χ3v) is 4.65. The zero-order valence-electron chi connectivity index (χ0n) is 15.6. The molecule has 1 aromatic carbocycles. The van der Waals surface area contributed by atoms with Gasteiger partial charge in [0.15, 0.2) is 0 Å². The van der Waals surface area contributed by atoms with Gasteiger partial charge >= 0.3 is 0 Å². The highest BCUT2D eigenvalue weighted by molar-refractivity contribution is 5.97. The van der Waals surface area contributed by atoms with Crippen molar-refractivity contribution >= 4 is 42.4 Å². The highest BCUT2D eigenvalue weighted by atomic mass is 35.5. The molecule has 0 spiro atoms. The fourth-order valence-electron chi connectivity index (χ4n) is 3.09. The zero-order chi connectivity index (χ0) is 18.7. The first-order valence-electron chi connectivity index (χ1n) is 8.58. The number of hydrogen-bond donors (Lipinski definition) is 2.